The molecule has 0 atom stereocenters. The molecule has 142 valence electrons. The average molecular weight is 342 g/mol. The lowest BCUT2D eigenvalue weighted by molar-refractivity contribution is -0.103. The molecule has 2 saturated heterocycles. The van der Waals surface area contributed by atoms with Gasteiger partial charge in [0.25, 0.3) is 0 Å². The highest BCUT2D eigenvalue weighted by atomic mass is 16.5. The average Bonchev–Trinajstić information content (AvgIpc) is 2.45. The minimum atomic E-state index is -0.526. The molecule has 0 aromatic rings. The van der Waals surface area contributed by atoms with Crippen LogP contribution in [-0.2, 0) is 4.74 Å². The zero-order chi connectivity index (χ0) is 18.0. The van der Waals surface area contributed by atoms with Crippen LogP contribution >= 0.6 is 0 Å². The van der Waals surface area contributed by atoms with E-state index in [0.717, 1.165) is 58.7 Å². The molecule has 5 heteroatoms. The van der Waals surface area contributed by atoms with Gasteiger partial charge >= 0.3 is 0 Å². The molecule has 5 nitrogen and oxygen atoms in total. The number of rotatable bonds is 4. The Hall–Kier alpha value is -0.200. The third-order valence-electron chi connectivity index (χ3n) is 5.31. The summed E-state index contributed by atoms with van der Waals surface area (Å²) in [5, 5.41) is 11.0. The van der Waals surface area contributed by atoms with Crippen molar-refractivity contribution in [1.29, 1.82) is 0 Å². The second-order valence-electron chi connectivity index (χ2n) is 9.66. The van der Waals surface area contributed by atoms with Crippen LogP contribution in [0.3, 0.4) is 0 Å². The van der Waals surface area contributed by atoms with Crippen molar-refractivity contribution in [1.82, 2.24) is 14.7 Å². The molecule has 0 aliphatic carbocycles. The second-order valence-corrected chi connectivity index (χ2v) is 9.66. The Morgan fingerprint density at radius 2 is 1.38 bits per heavy atom. The molecule has 0 radical (unpaired) electrons. The van der Waals surface area contributed by atoms with Gasteiger partial charge in [-0.25, -0.2) is 0 Å². The number of ether oxygens (including phenoxy) is 1. The van der Waals surface area contributed by atoms with Gasteiger partial charge in [-0.3, -0.25) is 14.7 Å². The van der Waals surface area contributed by atoms with Gasteiger partial charge in [-0.2, -0.15) is 0 Å². The predicted octanol–water partition coefficient (Wildman–Crippen LogP) is 2.00. The van der Waals surface area contributed by atoms with E-state index < -0.39 is 5.60 Å². The monoisotopic (exact) mass is 341 g/mol. The van der Waals surface area contributed by atoms with Crippen molar-refractivity contribution in [2.24, 2.45) is 0 Å². The van der Waals surface area contributed by atoms with Gasteiger partial charge in [-0.1, -0.05) is 0 Å². The maximum absolute atomic E-state index is 11.0. The third kappa shape index (κ3) is 6.26. The van der Waals surface area contributed by atoms with Crippen LogP contribution in [0.15, 0.2) is 0 Å². The summed E-state index contributed by atoms with van der Waals surface area (Å²) in [6, 6.07) is 0. The third-order valence-corrected chi connectivity index (χ3v) is 5.31. The van der Waals surface area contributed by atoms with Crippen molar-refractivity contribution in [2.75, 3.05) is 52.5 Å². The summed E-state index contributed by atoms with van der Waals surface area (Å²) >= 11 is 0. The highest BCUT2D eigenvalue weighted by molar-refractivity contribution is 4.90. The summed E-state index contributed by atoms with van der Waals surface area (Å²) in [6.45, 7) is 20.8. The standard InChI is InChI=1S/C19H39N3O2/c1-17(2,3)22-13-11-20(12-14-22)15-19(23)7-9-21(10-8-19)16-24-18(4,5)6/h23H,7-16H2,1-6H3. The number of hydrogen-bond acceptors (Lipinski definition) is 5. The Balaban J connectivity index is 1.73. The molecule has 2 aliphatic heterocycles. The topological polar surface area (TPSA) is 39.2 Å². The molecule has 0 amide bonds. The summed E-state index contributed by atoms with van der Waals surface area (Å²) in [5.41, 5.74) is -0.371. The van der Waals surface area contributed by atoms with Gasteiger partial charge < -0.3 is 9.84 Å². The molecule has 0 aromatic carbocycles. The largest absolute Gasteiger partial charge is 0.388 e. The normalized spacial score (nSPS) is 25.1. The first-order valence-electron chi connectivity index (χ1n) is 9.53. The van der Waals surface area contributed by atoms with Crippen molar-refractivity contribution >= 4 is 0 Å². The van der Waals surface area contributed by atoms with E-state index in [1.54, 1.807) is 0 Å². The van der Waals surface area contributed by atoms with Crippen LogP contribution < -0.4 is 0 Å². The lowest BCUT2D eigenvalue weighted by atomic mass is 9.90. The smallest absolute Gasteiger partial charge is 0.0997 e. The first-order chi connectivity index (χ1) is 11.0. The summed E-state index contributed by atoms with van der Waals surface area (Å²) in [7, 11) is 0. The molecule has 0 bridgehead atoms. The van der Waals surface area contributed by atoms with Crippen molar-refractivity contribution in [3.63, 3.8) is 0 Å². The van der Waals surface area contributed by atoms with Crippen molar-refractivity contribution < 1.29 is 9.84 Å². The zero-order valence-electron chi connectivity index (χ0n) is 16.8. The molecule has 1 N–H and O–H groups in total. The van der Waals surface area contributed by atoms with Crippen LogP contribution in [-0.4, -0.2) is 89.1 Å². The lowest BCUT2D eigenvalue weighted by Gasteiger charge is -2.46. The molecular weight excluding hydrogens is 302 g/mol. The highest BCUT2D eigenvalue weighted by Gasteiger charge is 2.36. The fourth-order valence-corrected chi connectivity index (χ4v) is 3.53. The number of hydrogen-bond donors (Lipinski definition) is 1. The van der Waals surface area contributed by atoms with Crippen molar-refractivity contribution in [2.45, 2.75) is 71.1 Å². The van der Waals surface area contributed by atoms with E-state index in [9.17, 15) is 5.11 Å². The minimum Gasteiger partial charge on any atom is -0.388 e. The highest BCUT2D eigenvalue weighted by Crippen LogP contribution is 2.25. The van der Waals surface area contributed by atoms with E-state index in [2.05, 4.69) is 56.2 Å². The predicted molar refractivity (Wildman–Crippen MR) is 99.2 cm³/mol. The second kappa shape index (κ2) is 7.58. The molecule has 2 rings (SSSR count). The number of nitrogens with zero attached hydrogens (tertiary/aromatic N) is 3. The maximum Gasteiger partial charge on any atom is 0.0997 e. The van der Waals surface area contributed by atoms with Gasteiger partial charge in [-0.15, -0.1) is 0 Å². The zero-order valence-corrected chi connectivity index (χ0v) is 16.8. The summed E-state index contributed by atoms with van der Waals surface area (Å²) in [6.07, 6.45) is 1.69. The van der Waals surface area contributed by atoms with E-state index in [1.807, 2.05) is 0 Å². The fourth-order valence-electron chi connectivity index (χ4n) is 3.53. The number of aliphatic hydroxyl groups is 1. The van der Waals surface area contributed by atoms with E-state index >= 15 is 0 Å². The van der Waals surface area contributed by atoms with Crippen LogP contribution in [0.25, 0.3) is 0 Å². The van der Waals surface area contributed by atoms with E-state index in [-0.39, 0.29) is 11.1 Å². The molecule has 2 heterocycles. The van der Waals surface area contributed by atoms with Gasteiger partial charge in [0, 0.05) is 51.4 Å². The van der Waals surface area contributed by atoms with Gasteiger partial charge in [-0.05, 0) is 54.4 Å². The van der Waals surface area contributed by atoms with E-state index in [1.165, 1.54) is 0 Å². The van der Waals surface area contributed by atoms with E-state index in [4.69, 9.17) is 4.74 Å². The van der Waals surface area contributed by atoms with Crippen LogP contribution in [0.4, 0.5) is 0 Å². The molecule has 0 saturated carbocycles. The SMILES string of the molecule is CC(C)(C)OCN1CCC(O)(CN2CCN(C(C)(C)C)CC2)CC1. The fraction of sp³-hybridized carbons (Fsp3) is 1.00. The molecule has 0 spiro atoms. The Labute approximate surface area is 148 Å². The number of likely N-dealkylation sites (tertiary alicyclic amines) is 1. The Morgan fingerprint density at radius 1 is 0.833 bits per heavy atom. The lowest BCUT2D eigenvalue weighted by Crippen LogP contribution is -2.58. The number of β-amino-alcohol motifs (C(OH)–C–C–N with tert-alkyl or cyclic N) is 1. The number of piperidine rings is 1. The summed E-state index contributed by atoms with van der Waals surface area (Å²) < 4.78 is 5.86. The Morgan fingerprint density at radius 3 is 1.83 bits per heavy atom. The summed E-state index contributed by atoms with van der Waals surface area (Å²) in [4.78, 5) is 7.31. The van der Waals surface area contributed by atoms with E-state index in [0.29, 0.717) is 6.73 Å². The first kappa shape index (κ1) is 20.1. The molecule has 24 heavy (non-hydrogen) atoms. The van der Waals surface area contributed by atoms with Gasteiger partial charge in [0.15, 0.2) is 0 Å². The minimum absolute atomic E-state index is 0.0967. The van der Waals surface area contributed by atoms with Gasteiger partial charge in [0.1, 0.15) is 0 Å². The first-order valence-corrected chi connectivity index (χ1v) is 9.53. The number of piperazine rings is 1. The molecule has 2 aliphatic rings. The molecule has 2 fully saturated rings. The maximum atomic E-state index is 11.0. The van der Waals surface area contributed by atoms with Crippen molar-refractivity contribution in [3.8, 4) is 0 Å². The Bertz CT molecular complexity index is 384. The van der Waals surface area contributed by atoms with Crippen LogP contribution in [0, 0.1) is 0 Å². The summed E-state index contributed by atoms with van der Waals surface area (Å²) in [5.74, 6) is 0. The Kier molecular flexibility index (Phi) is 6.36. The quantitative estimate of drug-likeness (QED) is 0.847. The van der Waals surface area contributed by atoms with Gasteiger partial charge in [0.05, 0.1) is 17.9 Å². The molecular formula is C19H39N3O2. The molecule has 0 aromatic heterocycles. The van der Waals surface area contributed by atoms with Crippen LogP contribution in [0.5, 0.6) is 0 Å². The van der Waals surface area contributed by atoms with Crippen LogP contribution in [0.2, 0.25) is 0 Å². The van der Waals surface area contributed by atoms with Crippen molar-refractivity contribution in [3.05, 3.63) is 0 Å². The molecule has 0 unspecified atom stereocenters. The van der Waals surface area contributed by atoms with Crippen LogP contribution in [0.1, 0.15) is 54.4 Å². The van der Waals surface area contributed by atoms with Gasteiger partial charge in [0.2, 0.25) is 0 Å².